The first-order valence-electron chi connectivity index (χ1n) is 13.6. The fourth-order valence-electron chi connectivity index (χ4n) is 5.69. The molecule has 3 fully saturated rings. The minimum Gasteiger partial charge on any atom is -0.399 e. The molecule has 38 heavy (non-hydrogen) atoms. The number of aromatic nitrogens is 2. The molecule has 0 radical (unpaired) electrons. The van der Waals surface area contributed by atoms with Crippen molar-refractivity contribution >= 4 is 45.7 Å². The number of nitrogens with one attached hydrogen (secondary N) is 1. The lowest BCUT2D eigenvalue weighted by Crippen LogP contribution is -2.51. The third-order valence-corrected chi connectivity index (χ3v) is 7.74. The molecule has 1 unspecified atom stereocenters. The van der Waals surface area contributed by atoms with Gasteiger partial charge in [-0.3, -0.25) is 24.6 Å². The Kier molecular flexibility index (Phi) is 7.42. The maximum absolute atomic E-state index is 12.4. The van der Waals surface area contributed by atoms with Gasteiger partial charge in [0.15, 0.2) is 5.82 Å². The number of benzene rings is 2. The van der Waals surface area contributed by atoms with Crippen molar-refractivity contribution in [1.82, 2.24) is 20.0 Å². The van der Waals surface area contributed by atoms with Gasteiger partial charge in [-0.1, -0.05) is 13.8 Å². The Morgan fingerprint density at radius 1 is 0.895 bits per heavy atom. The summed E-state index contributed by atoms with van der Waals surface area (Å²) in [7, 11) is 1.90. The molecular formula is C28H38N8O2. The van der Waals surface area contributed by atoms with Gasteiger partial charge in [-0.25, -0.2) is 4.79 Å². The number of nitrogen functional groups attached to an aromatic ring is 1. The normalized spacial score (nSPS) is 20.5. The summed E-state index contributed by atoms with van der Waals surface area (Å²) in [4.78, 5) is 33.0. The van der Waals surface area contributed by atoms with Crippen molar-refractivity contribution in [1.29, 1.82) is 0 Å². The summed E-state index contributed by atoms with van der Waals surface area (Å²) in [5, 5.41) is 7.91. The largest absolute Gasteiger partial charge is 0.399 e. The molecule has 3 N–H and O–H groups in total. The van der Waals surface area contributed by atoms with Gasteiger partial charge in [-0.15, -0.1) is 0 Å². The quantitative estimate of drug-likeness (QED) is 0.512. The van der Waals surface area contributed by atoms with Crippen LogP contribution in [0.5, 0.6) is 0 Å². The van der Waals surface area contributed by atoms with Crippen molar-refractivity contribution < 1.29 is 9.59 Å². The summed E-state index contributed by atoms with van der Waals surface area (Å²) < 4.78 is 1.82. The molecule has 10 nitrogen and oxygen atoms in total. The molecule has 4 heterocycles. The Balaban J connectivity index is 0.00000144. The van der Waals surface area contributed by atoms with E-state index in [9.17, 15) is 9.59 Å². The average Bonchev–Trinajstić information content (AvgIpc) is 3.56. The fraction of sp³-hybridized carbons (Fsp3) is 0.464. The fourth-order valence-corrected chi connectivity index (χ4v) is 5.69. The van der Waals surface area contributed by atoms with Crippen LogP contribution >= 0.6 is 0 Å². The van der Waals surface area contributed by atoms with E-state index in [4.69, 9.17) is 5.73 Å². The molecule has 2 aromatic carbocycles. The molecule has 3 aliphatic rings. The number of carbonyl (C=O) groups is 2. The van der Waals surface area contributed by atoms with E-state index in [1.54, 1.807) is 4.90 Å². The number of nitrogens with two attached hydrogens (primary N) is 1. The Morgan fingerprint density at radius 3 is 2.32 bits per heavy atom. The van der Waals surface area contributed by atoms with E-state index >= 15 is 0 Å². The second-order valence-electron chi connectivity index (χ2n) is 9.91. The highest BCUT2D eigenvalue weighted by Crippen LogP contribution is 2.31. The second kappa shape index (κ2) is 10.9. The summed E-state index contributed by atoms with van der Waals surface area (Å²) in [6.45, 7) is 10.5. The number of hydrogen-bond acceptors (Lipinski definition) is 7. The van der Waals surface area contributed by atoms with E-state index in [0.29, 0.717) is 18.4 Å². The third-order valence-electron chi connectivity index (χ3n) is 7.74. The maximum Gasteiger partial charge on any atom is 0.329 e. The Bertz CT molecular complexity index is 1300. The molecule has 1 aromatic heterocycles. The van der Waals surface area contributed by atoms with Crippen molar-refractivity contribution in [2.45, 2.75) is 32.7 Å². The van der Waals surface area contributed by atoms with E-state index in [-0.39, 0.29) is 12.3 Å². The summed E-state index contributed by atoms with van der Waals surface area (Å²) in [5.74, 6) is 0.356. The van der Waals surface area contributed by atoms with Gasteiger partial charge in [0.2, 0.25) is 5.91 Å². The maximum atomic E-state index is 12.4. The zero-order valence-corrected chi connectivity index (χ0v) is 22.6. The lowest BCUT2D eigenvalue weighted by molar-refractivity contribution is -0.120. The Hall–Kier alpha value is -3.79. The highest BCUT2D eigenvalue weighted by Gasteiger charge is 2.31. The Morgan fingerprint density at radius 2 is 1.61 bits per heavy atom. The monoisotopic (exact) mass is 518 g/mol. The lowest BCUT2D eigenvalue weighted by atomic mass is 10.1. The third kappa shape index (κ3) is 5.00. The molecule has 1 atom stereocenters. The molecule has 3 aromatic rings. The predicted octanol–water partition coefficient (Wildman–Crippen LogP) is 3.03. The van der Waals surface area contributed by atoms with Gasteiger partial charge in [-0.2, -0.15) is 5.10 Å². The van der Waals surface area contributed by atoms with E-state index in [1.807, 2.05) is 43.8 Å². The summed E-state index contributed by atoms with van der Waals surface area (Å²) in [6, 6.07) is 14.7. The van der Waals surface area contributed by atoms with Gasteiger partial charge in [-0.05, 0) is 48.9 Å². The molecule has 0 saturated carbocycles. The molecule has 6 rings (SSSR count). The van der Waals surface area contributed by atoms with Crippen LogP contribution in [0, 0.1) is 0 Å². The molecule has 3 amide bonds. The van der Waals surface area contributed by atoms with E-state index in [0.717, 1.165) is 55.9 Å². The lowest BCUT2D eigenvalue weighted by Gasteiger charge is -2.39. The van der Waals surface area contributed by atoms with Crippen molar-refractivity contribution in [3.8, 4) is 0 Å². The minimum atomic E-state index is -0.409. The van der Waals surface area contributed by atoms with Crippen LogP contribution in [0.15, 0.2) is 42.5 Å². The molecule has 0 spiro atoms. The molecule has 3 aliphatic heterocycles. The predicted molar refractivity (Wildman–Crippen MR) is 153 cm³/mol. The van der Waals surface area contributed by atoms with Gasteiger partial charge in [0.1, 0.15) is 0 Å². The number of anilines is 4. The van der Waals surface area contributed by atoms with Crippen LogP contribution < -0.4 is 25.8 Å². The van der Waals surface area contributed by atoms with Crippen molar-refractivity contribution in [2.75, 3.05) is 66.2 Å². The standard InChI is InChI=1S/C26H32N8O2.C2H6/c1-30-23-16-20(6-7-22(23)25(29-30)34-11-9-24(35)28-26(34)36)31-12-14-32(15-13-31)21-8-10-33(17-21)19-4-2-18(27)3-5-19;1-2/h2-7,16,21H,8-15,17,27H2,1H3,(H,28,35,36);1-2H3. The number of imide groups is 1. The molecule has 202 valence electrons. The number of carbonyl (C=O) groups excluding carboxylic acids is 2. The summed E-state index contributed by atoms with van der Waals surface area (Å²) >= 11 is 0. The number of rotatable bonds is 4. The average molecular weight is 519 g/mol. The van der Waals surface area contributed by atoms with Crippen LogP contribution in [0.1, 0.15) is 26.7 Å². The summed E-state index contributed by atoms with van der Waals surface area (Å²) in [6.07, 6.45) is 1.47. The highest BCUT2D eigenvalue weighted by molar-refractivity contribution is 6.09. The van der Waals surface area contributed by atoms with Gasteiger partial charge in [0.25, 0.3) is 0 Å². The molecule has 3 saturated heterocycles. The van der Waals surface area contributed by atoms with Crippen molar-refractivity contribution in [3.63, 3.8) is 0 Å². The van der Waals surface area contributed by atoms with Crippen LogP contribution in [0.25, 0.3) is 10.9 Å². The van der Waals surface area contributed by atoms with Gasteiger partial charge >= 0.3 is 6.03 Å². The number of hydrogen-bond donors (Lipinski definition) is 2. The van der Waals surface area contributed by atoms with Crippen LogP contribution in [0.2, 0.25) is 0 Å². The zero-order valence-electron chi connectivity index (χ0n) is 22.6. The minimum absolute atomic E-state index is 0.242. The number of amides is 3. The number of aryl methyl sites for hydroxylation is 1. The van der Waals surface area contributed by atoms with Crippen LogP contribution in [0.4, 0.5) is 27.7 Å². The SMILES string of the molecule is CC.Cn1nc(N2CCC(=O)NC2=O)c2ccc(N3CCN(C4CCN(c5ccc(N)cc5)C4)CC3)cc21. The molecule has 0 bridgehead atoms. The highest BCUT2D eigenvalue weighted by atomic mass is 16.2. The van der Waals surface area contributed by atoms with Crippen LogP contribution in [-0.4, -0.2) is 78.5 Å². The van der Waals surface area contributed by atoms with E-state index < -0.39 is 6.03 Å². The van der Waals surface area contributed by atoms with Gasteiger partial charge in [0.05, 0.1) is 5.52 Å². The molecular weight excluding hydrogens is 480 g/mol. The topological polar surface area (TPSA) is 103 Å². The molecule has 10 heteroatoms. The second-order valence-corrected chi connectivity index (χ2v) is 9.91. The van der Waals surface area contributed by atoms with Gasteiger partial charge < -0.3 is 15.5 Å². The first-order chi connectivity index (χ1) is 18.5. The van der Waals surface area contributed by atoms with Crippen LogP contribution in [-0.2, 0) is 11.8 Å². The van der Waals surface area contributed by atoms with Crippen molar-refractivity contribution in [3.05, 3.63) is 42.5 Å². The number of fused-ring (bicyclic) bond motifs is 1. The molecule has 0 aliphatic carbocycles. The van der Waals surface area contributed by atoms with E-state index in [1.165, 1.54) is 17.8 Å². The smallest absolute Gasteiger partial charge is 0.329 e. The first kappa shape index (κ1) is 25.8. The van der Waals surface area contributed by atoms with Crippen LogP contribution in [0.3, 0.4) is 0 Å². The van der Waals surface area contributed by atoms with Gasteiger partial charge in [0, 0.05) is 87.8 Å². The number of nitrogens with zero attached hydrogens (tertiary/aromatic N) is 6. The van der Waals surface area contributed by atoms with E-state index in [2.05, 4.69) is 49.4 Å². The van der Waals surface area contributed by atoms with Crippen molar-refractivity contribution in [2.24, 2.45) is 7.05 Å². The Labute approximate surface area is 223 Å². The summed E-state index contributed by atoms with van der Waals surface area (Å²) in [5.41, 5.74) is 10.1. The number of piperazine rings is 1. The first-order valence-corrected chi connectivity index (χ1v) is 13.6. The zero-order chi connectivity index (χ0) is 26.8. The number of urea groups is 1.